The molecule has 20 heavy (non-hydrogen) atoms. The van der Waals surface area contributed by atoms with Crippen LogP contribution in [0.15, 0.2) is 22.8 Å². The monoisotopic (exact) mass is 280 g/mol. The van der Waals surface area contributed by atoms with Crippen molar-refractivity contribution in [2.45, 2.75) is 44.9 Å². The van der Waals surface area contributed by atoms with E-state index in [1.54, 1.807) is 6.26 Å². The highest BCUT2D eigenvalue weighted by Gasteiger charge is 2.26. The lowest BCUT2D eigenvalue weighted by atomic mass is 9.95. The number of rotatable bonds is 6. The first kappa shape index (κ1) is 15.5. The highest BCUT2D eigenvalue weighted by Crippen LogP contribution is 2.22. The van der Waals surface area contributed by atoms with Crippen molar-refractivity contribution in [3.05, 3.63) is 24.2 Å². The van der Waals surface area contributed by atoms with Crippen molar-refractivity contribution in [1.82, 2.24) is 10.2 Å². The maximum atomic E-state index is 5.83. The second-order valence-corrected chi connectivity index (χ2v) is 6.28. The van der Waals surface area contributed by atoms with E-state index in [4.69, 9.17) is 9.15 Å². The van der Waals surface area contributed by atoms with Gasteiger partial charge in [0.15, 0.2) is 0 Å². The van der Waals surface area contributed by atoms with E-state index in [1.165, 1.54) is 0 Å². The Morgan fingerprint density at radius 3 is 2.80 bits per heavy atom. The van der Waals surface area contributed by atoms with Crippen LogP contribution in [0, 0.1) is 5.92 Å². The lowest BCUT2D eigenvalue weighted by Crippen LogP contribution is -2.43. The number of hydrogen-bond donors (Lipinski definition) is 1. The van der Waals surface area contributed by atoms with E-state index in [0.717, 1.165) is 31.8 Å². The van der Waals surface area contributed by atoms with Crippen LogP contribution in [0.2, 0.25) is 0 Å². The quantitative estimate of drug-likeness (QED) is 0.869. The Labute approximate surface area is 122 Å². The summed E-state index contributed by atoms with van der Waals surface area (Å²) in [6.07, 6.45) is 4.34. The van der Waals surface area contributed by atoms with Crippen molar-refractivity contribution < 1.29 is 9.15 Å². The van der Waals surface area contributed by atoms with Gasteiger partial charge >= 0.3 is 0 Å². The Morgan fingerprint density at radius 1 is 1.40 bits per heavy atom. The van der Waals surface area contributed by atoms with Gasteiger partial charge in [-0.05, 0) is 45.0 Å². The molecule has 0 aliphatic carbocycles. The van der Waals surface area contributed by atoms with Gasteiger partial charge in [-0.25, -0.2) is 0 Å². The third-order valence-corrected chi connectivity index (χ3v) is 4.15. The number of nitrogens with one attached hydrogen (secondary N) is 1. The molecule has 2 rings (SSSR count). The molecule has 1 aromatic heterocycles. The predicted molar refractivity (Wildman–Crippen MR) is 80.7 cm³/mol. The number of ether oxygens (including phenoxy) is 1. The van der Waals surface area contributed by atoms with Crippen LogP contribution in [0.4, 0.5) is 0 Å². The second-order valence-electron chi connectivity index (χ2n) is 6.28. The smallest absolute Gasteiger partial charge is 0.122 e. The van der Waals surface area contributed by atoms with Gasteiger partial charge in [0.25, 0.3) is 0 Å². The van der Waals surface area contributed by atoms with Gasteiger partial charge in [-0.1, -0.05) is 13.8 Å². The minimum absolute atomic E-state index is 0.283. The van der Waals surface area contributed by atoms with E-state index in [9.17, 15) is 0 Å². The average molecular weight is 280 g/mol. The van der Waals surface area contributed by atoms with Crippen LogP contribution >= 0.6 is 0 Å². The van der Waals surface area contributed by atoms with Crippen LogP contribution in [-0.2, 0) is 4.74 Å². The molecule has 3 unspecified atom stereocenters. The van der Waals surface area contributed by atoms with Crippen molar-refractivity contribution in [3.63, 3.8) is 0 Å². The summed E-state index contributed by atoms with van der Waals surface area (Å²) < 4.78 is 11.4. The Morgan fingerprint density at radius 2 is 2.20 bits per heavy atom. The van der Waals surface area contributed by atoms with Crippen molar-refractivity contribution >= 4 is 0 Å². The molecule has 1 fully saturated rings. The number of nitrogens with zero attached hydrogens (tertiary/aromatic N) is 1. The minimum atomic E-state index is 0.283. The van der Waals surface area contributed by atoms with E-state index in [0.29, 0.717) is 18.1 Å². The molecule has 0 radical (unpaired) electrons. The SMILES string of the molecule is CC(C)C1CC(NCC(c2ccco2)N(C)C)CCO1. The van der Waals surface area contributed by atoms with Crippen LogP contribution in [0.5, 0.6) is 0 Å². The van der Waals surface area contributed by atoms with Gasteiger partial charge in [0, 0.05) is 19.2 Å². The van der Waals surface area contributed by atoms with E-state index < -0.39 is 0 Å². The van der Waals surface area contributed by atoms with Crippen LogP contribution in [-0.4, -0.2) is 44.3 Å². The van der Waals surface area contributed by atoms with Gasteiger partial charge < -0.3 is 14.5 Å². The van der Waals surface area contributed by atoms with Gasteiger partial charge in [-0.2, -0.15) is 0 Å². The highest BCUT2D eigenvalue weighted by atomic mass is 16.5. The molecule has 4 nitrogen and oxygen atoms in total. The fourth-order valence-electron chi connectivity index (χ4n) is 2.77. The average Bonchev–Trinajstić information content (AvgIpc) is 2.93. The first-order chi connectivity index (χ1) is 9.58. The van der Waals surface area contributed by atoms with Crippen LogP contribution in [0.3, 0.4) is 0 Å². The Bertz CT molecular complexity index is 376. The normalized spacial score (nSPS) is 25.3. The zero-order valence-electron chi connectivity index (χ0n) is 13.1. The van der Waals surface area contributed by atoms with E-state index in [2.05, 4.69) is 38.2 Å². The fraction of sp³-hybridized carbons (Fsp3) is 0.750. The van der Waals surface area contributed by atoms with Gasteiger partial charge in [0.2, 0.25) is 0 Å². The standard InChI is InChI=1S/C16H28N2O2/c1-12(2)16-10-13(7-9-20-16)17-11-14(18(3)4)15-6-5-8-19-15/h5-6,8,12-14,16-17H,7,9-11H2,1-4H3. The van der Waals surface area contributed by atoms with Gasteiger partial charge in [0.05, 0.1) is 18.4 Å². The third kappa shape index (κ3) is 4.08. The summed E-state index contributed by atoms with van der Waals surface area (Å²) in [5.41, 5.74) is 0. The van der Waals surface area contributed by atoms with E-state index in [1.807, 2.05) is 12.1 Å². The summed E-state index contributed by atoms with van der Waals surface area (Å²) in [5.74, 6) is 1.62. The van der Waals surface area contributed by atoms with Gasteiger partial charge in [-0.15, -0.1) is 0 Å². The molecule has 1 aliphatic heterocycles. The van der Waals surface area contributed by atoms with Crippen LogP contribution in [0.1, 0.15) is 38.5 Å². The third-order valence-electron chi connectivity index (χ3n) is 4.15. The first-order valence-corrected chi connectivity index (χ1v) is 7.62. The van der Waals surface area contributed by atoms with E-state index in [-0.39, 0.29) is 6.04 Å². The first-order valence-electron chi connectivity index (χ1n) is 7.62. The van der Waals surface area contributed by atoms with Gasteiger partial charge in [0.1, 0.15) is 5.76 Å². The number of furan rings is 1. The Balaban J connectivity index is 1.86. The Hall–Kier alpha value is -0.840. The number of hydrogen-bond acceptors (Lipinski definition) is 4. The highest BCUT2D eigenvalue weighted by molar-refractivity contribution is 5.05. The molecule has 4 heteroatoms. The molecule has 114 valence electrons. The summed E-state index contributed by atoms with van der Waals surface area (Å²) in [6, 6.07) is 4.83. The molecule has 0 spiro atoms. The molecule has 0 bridgehead atoms. The molecule has 0 aromatic carbocycles. The summed E-state index contributed by atoms with van der Waals surface area (Å²) >= 11 is 0. The van der Waals surface area contributed by atoms with Crippen molar-refractivity contribution in [1.29, 1.82) is 0 Å². The summed E-state index contributed by atoms with van der Waals surface area (Å²) in [7, 11) is 4.19. The number of likely N-dealkylation sites (N-methyl/N-ethyl adjacent to an activating group) is 1. The molecule has 3 atom stereocenters. The fourth-order valence-corrected chi connectivity index (χ4v) is 2.77. The minimum Gasteiger partial charge on any atom is -0.468 e. The predicted octanol–water partition coefficient (Wildman–Crippen LogP) is 2.68. The largest absolute Gasteiger partial charge is 0.468 e. The van der Waals surface area contributed by atoms with Crippen molar-refractivity contribution in [3.8, 4) is 0 Å². The zero-order chi connectivity index (χ0) is 14.5. The lowest BCUT2D eigenvalue weighted by Gasteiger charge is -2.34. The maximum absolute atomic E-state index is 5.83. The summed E-state index contributed by atoms with van der Waals surface area (Å²) in [6.45, 7) is 6.25. The summed E-state index contributed by atoms with van der Waals surface area (Å²) in [4.78, 5) is 2.20. The van der Waals surface area contributed by atoms with E-state index >= 15 is 0 Å². The molecule has 0 amide bonds. The molecule has 1 saturated heterocycles. The molecular weight excluding hydrogens is 252 g/mol. The summed E-state index contributed by atoms with van der Waals surface area (Å²) in [5, 5.41) is 3.69. The second kappa shape index (κ2) is 7.25. The molecule has 2 heterocycles. The molecule has 1 aliphatic rings. The molecule has 1 aromatic rings. The Kier molecular flexibility index (Phi) is 5.64. The lowest BCUT2D eigenvalue weighted by molar-refractivity contribution is -0.0250. The van der Waals surface area contributed by atoms with Crippen LogP contribution in [0.25, 0.3) is 0 Å². The zero-order valence-corrected chi connectivity index (χ0v) is 13.1. The maximum Gasteiger partial charge on any atom is 0.122 e. The van der Waals surface area contributed by atoms with Crippen LogP contribution < -0.4 is 5.32 Å². The molecule has 1 N–H and O–H groups in total. The molecular formula is C16H28N2O2. The van der Waals surface area contributed by atoms with Gasteiger partial charge in [-0.3, -0.25) is 4.90 Å². The topological polar surface area (TPSA) is 37.6 Å². The van der Waals surface area contributed by atoms with Crippen molar-refractivity contribution in [2.75, 3.05) is 27.2 Å². The molecule has 0 saturated carbocycles. The van der Waals surface area contributed by atoms with Crippen molar-refractivity contribution in [2.24, 2.45) is 5.92 Å².